The summed E-state index contributed by atoms with van der Waals surface area (Å²) < 4.78 is 33.9. The fraction of sp³-hybridized carbons (Fsp3) is 0.148. The van der Waals surface area contributed by atoms with E-state index < -0.39 is 16.1 Å². The van der Waals surface area contributed by atoms with Crippen LogP contribution in [0.2, 0.25) is 0 Å². The first-order valence-electron chi connectivity index (χ1n) is 11.0. The molecule has 0 aliphatic heterocycles. The van der Waals surface area contributed by atoms with Gasteiger partial charge in [-0.25, -0.2) is 8.42 Å². The van der Waals surface area contributed by atoms with E-state index in [0.717, 1.165) is 16.3 Å². The van der Waals surface area contributed by atoms with Gasteiger partial charge < -0.3 is 10.1 Å². The molecule has 0 radical (unpaired) electrons. The molecule has 0 fully saturated rings. The molecule has 4 rings (SSSR count). The van der Waals surface area contributed by atoms with Crippen molar-refractivity contribution in [2.45, 2.75) is 31.3 Å². The third kappa shape index (κ3) is 5.38. The summed E-state index contributed by atoms with van der Waals surface area (Å²) >= 11 is 0. The van der Waals surface area contributed by atoms with Gasteiger partial charge >= 0.3 is 0 Å². The quantitative estimate of drug-likeness (QED) is 0.341. The van der Waals surface area contributed by atoms with Crippen molar-refractivity contribution in [3.8, 4) is 5.75 Å². The molecule has 1 amide bonds. The van der Waals surface area contributed by atoms with Crippen LogP contribution in [0.3, 0.4) is 0 Å². The molecule has 2 N–H and O–H groups in total. The van der Waals surface area contributed by atoms with E-state index in [1.807, 2.05) is 68.4 Å². The topological polar surface area (TPSA) is 84.5 Å². The van der Waals surface area contributed by atoms with Crippen LogP contribution in [0.1, 0.15) is 18.9 Å². The number of amides is 1. The van der Waals surface area contributed by atoms with E-state index in [2.05, 4.69) is 10.0 Å². The molecule has 6 nitrogen and oxygen atoms in total. The number of sulfonamides is 1. The SMILES string of the molecule is CC[C@@H](Oc1cccc2ccccc12)C(=O)Nc1ccc(S(=O)(=O)Nc2ccc(C)cc2)cc1. The van der Waals surface area contributed by atoms with Gasteiger partial charge in [0.15, 0.2) is 6.10 Å². The molecule has 0 saturated heterocycles. The zero-order valence-corrected chi connectivity index (χ0v) is 19.8. The molecule has 7 heteroatoms. The zero-order valence-electron chi connectivity index (χ0n) is 19.0. The van der Waals surface area contributed by atoms with Crippen molar-refractivity contribution in [2.75, 3.05) is 10.0 Å². The van der Waals surface area contributed by atoms with Crippen molar-refractivity contribution in [3.05, 3.63) is 96.6 Å². The third-order valence-corrected chi connectivity index (χ3v) is 6.82. The largest absolute Gasteiger partial charge is 0.480 e. The summed E-state index contributed by atoms with van der Waals surface area (Å²) in [5.74, 6) is 0.340. The molecule has 0 aliphatic carbocycles. The van der Waals surface area contributed by atoms with Crippen molar-refractivity contribution in [1.82, 2.24) is 0 Å². The van der Waals surface area contributed by atoms with Gasteiger partial charge in [0.1, 0.15) is 5.75 Å². The van der Waals surface area contributed by atoms with Crippen molar-refractivity contribution >= 4 is 38.1 Å². The fourth-order valence-corrected chi connectivity index (χ4v) is 4.61. The summed E-state index contributed by atoms with van der Waals surface area (Å²) in [4.78, 5) is 13.0. The maximum absolute atomic E-state index is 12.9. The van der Waals surface area contributed by atoms with E-state index in [1.165, 1.54) is 12.1 Å². The fourth-order valence-electron chi connectivity index (χ4n) is 3.55. The molecule has 0 heterocycles. The maximum Gasteiger partial charge on any atom is 0.265 e. The van der Waals surface area contributed by atoms with E-state index in [0.29, 0.717) is 23.5 Å². The second-order valence-electron chi connectivity index (χ2n) is 7.98. The van der Waals surface area contributed by atoms with Gasteiger partial charge in [0.05, 0.1) is 4.90 Å². The summed E-state index contributed by atoms with van der Waals surface area (Å²) in [6.07, 6.45) is -0.223. The minimum atomic E-state index is -3.74. The number of hydrogen-bond acceptors (Lipinski definition) is 4. The molecule has 0 aromatic heterocycles. The van der Waals surface area contributed by atoms with E-state index >= 15 is 0 Å². The first kappa shape index (κ1) is 23.3. The van der Waals surface area contributed by atoms with Gasteiger partial charge in [-0.15, -0.1) is 0 Å². The normalized spacial score (nSPS) is 12.2. The maximum atomic E-state index is 12.9. The van der Waals surface area contributed by atoms with Crippen LogP contribution in [0.5, 0.6) is 5.75 Å². The third-order valence-electron chi connectivity index (χ3n) is 5.42. The summed E-state index contributed by atoms with van der Waals surface area (Å²) in [5, 5.41) is 4.79. The lowest BCUT2D eigenvalue weighted by Crippen LogP contribution is -2.32. The first-order valence-corrected chi connectivity index (χ1v) is 12.5. The van der Waals surface area contributed by atoms with E-state index in [-0.39, 0.29) is 10.8 Å². The number of carbonyl (C=O) groups excluding carboxylic acids is 1. The molecule has 0 unspecified atom stereocenters. The Labute approximate surface area is 199 Å². The van der Waals surface area contributed by atoms with Crippen molar-refractivity contribution in [3.63, 3.8) is 0 Å². The zero-order chi connectivity index (χ0) is 24.1. The highest BCUT2D eigenvalue weighted by Crippen LogP contribution is 2.27. The van der Waals surface area contributed by atoms with Crippen LogP contribution in [0.4, 0.5) is 11.4 Å². The van der Waals surface area contributed by atoms with Crippen LogP contribution >= 0.6 is 0 Å². The van der Waals surface area contributed by atoms with Crippen molar-refractivity contribution < 1.29 is 17.9 Å². The molecule has 174 valence electrons. The number of aryl methyl sites for hydroxylation is 1. The molecule has 4 aromatic carbocycles. The van der Waals surface area contributed by atoms with Gasteiger partial charge in [-0.3, -0.25) is 9.52 Å². The van der Waals surface area contributed by atoms with E-state index in [1.54, 1.807) is 24.3 Å². The van der Waals surface area contributed by atoms with Crippen LogP contribution in [0, 0.1) is 6.92 Å². The second kappa shape index (κ2) is 9.97. The van der Waals surface area contributed by atoms with Gasteiger partial charge in [0.25, 0.3) is 15.9 Å². The summed E-state index contributed by atoms with van der Waals surface area (Å²) in [5.41, 5.74) is 2.01. The predicted molar refractivity (Wildman–Crippen MR) is 136 cm³/mol. The Morgan fingerprint density at radius 3 is 2.21 bits per heavy atom. The van der Waals surface area contributed by atoms with Gasteiger partial charge in [-0.05, 0) is 61.2 Å². The smallest absolute Gasteiger partial charge is 0.265 e. The average Bonchev–Trinajstić information content (AvgIpc) is 2.84. The Balaban J connectivity index is 1.44. The second-order valence-corrected chi connectivity index (χ2v) is 9.66. The lowest BCUT2D eigenvalue weighted by Gasteiger charge is -2.18. The van der Waals surface area contributed by atoms with E-state index in [9.17, 15) is 13.2 Å². The number of anilines is 2. The lowest BCUT2D eigenvalue weighted by atomic mass is 10.1. The highest BCUT2D eigenvalue weighted by atomic mass is 32.2. The number of fused-ring (bicyclic) bond motifs is 1. The Bertz CT molecular complexity index is 1390. The monoisotopic (exact) mass is 474 g/mol. The molecule has 0 aliphatic rings. The Kier molecular flexibility index (Phi) is 6.84. The van der Waals surface area contributed by atoms with E-state index in [4.69, 9.17) is 4.74 Å². The van der Waals surface area contributed by atoms with Crippen LogP contribution in [0.25, 0.3) is 10.8 Å². The van der Waals surface area contributed by atoms with Gasteiger partial charge in [-0.1, -0.05) is 61.0 Å². The number of hydrogen-bond donors (Lipinski definition) is 2. The predicted octanol–water partition coefficient (Wildman–Crippen LogP) is 5.75. The summed E-state index contributed by atoms with van der Waals surface area (Å²) in [6.45, 7) is 3.81. The first-order chi connectivity index (χ1) is 16.4. The van der Waals surface area contributed by atoms with Crippen LogP contribution in [-0.2, 0) is 14.8 Å². The average molecular weight is 475 g/mol. The minimum Gasteiger partial charge on any atom is -0.480 e. The number of nitrogens with one attached hydrogen (secondary N) is 2. The Morgan fingerprint density at radius 2 is 1.50 bits per heavy atom. The summed E-state index contributed by atoms with van der Waals surface area (Å²) in [6, 6.07) is 26.7. The van der Waals surface area contributed by atoms with Crippen LogP contribution < -0.4 is 14.8 Å². The van der Waals surface area contributed by atoms with Crippen LogP contribution in [0.15, 0.2) is 95.9 Å². The summed E-state index contributed by atoms with van der Waals surface area (Å²) in [7, 11) is -3.74. The lowest BCUT2D eigenvalue weighted by molar-refractivity contribution is -0.122. The standard InChI is InChI=1S/C27H26N2O4S/c1-3-25(33-26-10-6-8-20-7-4-5-9-24(20)26)27(30)28-21-15-17-23(18-16-21)34(31,32)29-22-13-11-19(2)12-14-22/h4-18,25,29H,3H2,1-2H3,(H,28,30)/t25-/m1/s1. The van der Waals surface area contributed by atoms with Gasteiger partial charge in [-0.2, -0.15) is 0 Å². The molecule has 0 bridgehead atoms. The van der Waals surface area contributed by atoms with Crippen molar-refractivity contribution in [2.24, 2.45) is 0 Å². The highest BCUT2D eigenvalue weighted by molar-refractivity contribution is 7.92. The number of ether oxygens (including phenoxy) is 1. The number of rotatable bonds is 8. The van der Waals surface area contributed by atoms with Gasteiger partial charge in [0, 0.05) is 16.8 Å². The van der Waals surface area contributed by atoms with Crippen LogP contribution in [-0.4, -0.2) is 20.4 Å². The number of benzene rings is 4. The Morgan fingerprint density at radius 1 is 0.853 bits per heavy atom. The molecular formula is C27H26N2O4S. The molecule has 0 saturated carbocycles. The highest BCUT2D eigenvalue weighted by Gasteiger charge is 2.20. The molecule has 34 heavy (non-hydrogen) atoms. The Hall–Kier alpha value is -3.84. The molecule has 0 spiro atoms. The van der Waals surface area contributed by atoms with Crippen molar-refractivity contribution in [1.29, 1.82) is 0 Å². The van der Waals surface area contributed by atoms with Gasteiger partial charge in [0.2, 0.25) is 0 Å². The minimum absolute atomic E-state index is 0.102. The molecule has 1 atom stereocenters. The molecular weight excluding hydrogens is 448 g/mol. The molecule has 4 aromatic rings. The number of carbonyl (C=O) groups is 1.